The predicted molar refractivity (Wildman–Crippen MR) is 117 cm³/mol. The quantitative estimate of drug-likeness (QED) is 0.140. The molecule has 1 fully saturated rings. The summed E-state index contributed by atoms with van der Waals surface area (Å²) < 4.78 is 80.2. The van der Waals surface area contributed by atoms with Gasteiger partial charge in [0.1, 0.15) is 12.7 Å². The molecule has 0 aliphatic carbocycles. The minimum atomic E-state index is -4.49. The number of esters is 4. The van der Waals surface area contributed by atoms with Crippen molar-refractivity contribution in [2.24, 2.45) is 5.14 Å². The lowest BCUT2D eigenvalue weighted by atomic mass is 9.99. The van der Waals surface area contributed by atoms with Crippen molar-refractivity contribution < 1.29 is 63.9 Å². The number of unbranched alkanes of at least 4 members (excludes halogenated alkanes) is 1. The van der Waals surface area contributed by atoms with Crippen molar-refractivity contribution in [3.63, 3.8) is 0 Å². The van der Waals surface area contributed by atoms with E-state index in [1.54, 1.807) is 0 Å². The maximum absolute atomic E-state index is 13.1. The minimum Gasteiger partial charge on any atom is -0.463 e. The van der Waals surface area contributed by atoms with E-state index in [2.05, 4.69) is 8.91 Å². The molecule has 0 amide bonds. The molecule has 18 heteroatoms. The Labute approximate surface area is 208 Å². The third-order valence-corrected chi connectivity index (χ3v) is 6.47. The summed E-state index contributed by atoms with van der Waals surface area (Å²) in [6.45, 7) is 2.97. The Kier molecular flexibility index (Phi) is 12.1. The molecule has 0 aromatic carbocycles. The van der Waals surface area contributed by atoms with E-state index < -0.39 is 80.7 Å². The maximum Gasteiger partial charge on any atom is 0.333 e. The fraction of sp³-hybridized carbons (Fsp3) is 0.778. The Balaban J connectivity index is 3.23. The van der Waals surface area contributed by atoms with Gasteiger partial charge in [-0.2, -0.15) is 8.42 Å². The first kappa shape index (κ1) is 31.6. The summed E-state index contributed by atoms with van der Waals surface area (Å²) in [5.74, 6) is -3.50. The molecule has 0 radical (unpaired) electrons. The number of carbonyl (C=O) groups is 4. The van der Waals surface area contributed by atoms with Gasteiger partial charge >= 0.3 is 34.2 Å². The smallest absolute Gasteiger partial charge is 0.333 e. The van der Waals surface area contributed by atoms with Crippen LogP contribution in [-0.2, 0) is 67.4 Å². The fourth-order valence-corrected chi connectivity index (χ4v) is 4.93. The van der Waals surface area contributed by atoms with E-state index in [1.165, 1.54) is 0 Å². The Bertz CT molecular complexity index is 1010. The number of sulfonamides is 1. The summed E-state index contributed by atoms with van der Waals surface area (Å²) in [7, 11) is -8.64. The van der Waals surface area contributed by atoms with Gasteiger partial charge in [-0.1, -0.05) is 0 Å². The summed E-state index contributed by atoms with van der Waals surface area (Å²) in [6, 6.07) is 0. The van der Waals surface area contributed by atoms with Gasteiger partial charge in [-0.05, 0) is 12.8 Å². The first-order valence-electron chi connectivity index (χ1n) is 10.5. The second-order valence-electron chi connectivity index (χ2n) is 7.53. The SMILES string of the molecule is CC(=O)OC[C@H]1O[C@@H](S(=O)(=O)NCCCCOS(N)(=O)=O)[C@H](OC(C)=O)[C@@H](OC(C)=O)[C@@H]1OC(C)=O. The van der Waals surface area contributed by atoms with Gasteiger partial charge < -0.3 is 23.7 Å². The van der Waals surface area contributed by atoms with E-state index in [0.717, 1.165) is 27.7 Å². The van der Waals surface area contributed by atoms with Crippen LogP contribution in [0.4, 0.5) is 0 Å². The zero-order valence-electron chi connectivity index (χ0n) is 20.0. The van der Waals surface area contributed by atoms with Gasteiger partial charge in [-0.15, -0.1) is 0 Å². The highest BCUT2D eigenvalue weighted by atomic mass is 32.2. The van der Waals surface area contributed by atoms with Crippen LogP contribution >= 0.6 is 0 Å². The molecule has 36 heavy (non-hydrogen) atoms. The monoisotopic (exact) mass is 562 g/mol. The lowest BCUT2D eigenvalue weighted by Crippen LogP contribution is -2.65. The van der Waals surface area contributed by atoms with E-state index in [4.69, 9.17) is 28.8 Å². The highest BCUT2D eigenvalue weighted by molar-refractivity contribution is 7.90. The number of ether oxygens (including phenoxy) is 5. The van der Waals surface area contributed by atoms with Crippen molar-refractivity contribution in [2.75, 3.05) is 19.8 Å². The van der Waals surface area contributed by atoms with Crippen LogP contribution in [0, 0.1) is 0 Å². The van der Waals surface area contributed by atoms with Gasteiger partial charge in [0.05, 0.1) is 6.61 Å². The zero-order chi connectivity index (χ0) is 27.7. The van der Waals surface area contributed by atoms with E-state index in [0.29, 0.717) is 0 Å². The zero-order valence-corrected chi connectivity index (χ0v) is 21.7. The summed E-state index contributed by atoms with van der Waals surface area (Å²) >= 11 is 0. The maximum atomic E-state index is 13.1. The average molecular weight is 563 g/mol. The Morgan fingerprint density at radius 2 is 1.33 bits per heavy atom. The van der Waals surface area contributed by atoms with Crippen LogP contribution in [0.25, 0.3) is 0 Å². The first-order valence-corrected chi connectivity index (χ1v) is 13.5. The van der Waals surface area contributed by atoms with Crippen molar-refractivity contribution in [2.45, 2.75) is 70.4 Å². The summed E-state index contributed by atoms with van der Waals surface area (Å²) in [5, 5.41) is 4.70. The van der Waals surface area contributed by atoms with Crippen molar-refractivity contribution >= 4 is 44.2 Å². The van der Waals surface area contributed by atoms with E-state index >= 15 is 0 Å². The highest BCUT2D eigenvalue weighted by Crippen LogP contribution is 2.31. The summed E-state index contributed by atoms with van der Waals surface area (Å²) in [4.78, 5) is 46.6. The number of carbonyl (C=O) groups excluding carboxylic acids is 4. The van der Waals surface area contributed by atoms with E-state index in [-0.39, 0.29) is 26.0 Å². The standard InChI is InChI=1S/C18H30N2O14S2/c1-10(21)29-9-14-15(31-11(2)22)16(32-12(3)23)17(33-13(4)24)18(34-14)35(25,26)20-7-5-6-8-30-36(19,27)28/h14-18,20H,5-9H2,1-4H3,(H2,19,27,28)/t14-,15-,16+,17-,18+/m1/s1. The first-order chi connectivity index (χ1) is 16.5. The molecule has 1 saturated heterocycles. The Hall–Kier alpha value is -2.38. The van der Waals surface area contributed by atoms with Crippen molar-refractivity contribution in [3.05, 3.63) is 0 Å². The summed E-state index contributed by atoms with van der Waals surface area (Å²) in [5.41, 5.74) is -1.99. The number of hydrogen-bond acceptors (Lipinski definition) is 14. The van der Waals surface area contributed by atoms with Crippen LogP contribution in [0.2, 0.25) is 0 Å². The minimum absolute atomic E-state index is 0.109. The van der Waals surface area contributed by atoms with Crippen LogP contribution < -0.4 is 9.86 Å². The molecule has 0 aromatic rings. The molecule has 1 heterocycles. The molecule has 0 bridgehead atoms. The second kappa shape index (κ2) is 13.8. The molecule has 0 unspecified atom stereocenters. The predicted octanol–water partition coefficient (Wildman–Crippen LogP) is -2.01. The molecule has 208 valence electrons. The Morgan fingerprint density at radius 1 is 0.806 bits per heavy atom. The molecule has 3 N–H and O–H groups in total. The molecule has 16 nitrogen and oxygen atoms in total. The van der Waals surface area contributed by atoms with Crippen LogP contribution in [0.5, 0.6) is 0 Å². The molecular weight excluding hydrogens is 532 g/mol. The van der Waals surface area contributed by atoms with Crippen LogP contribution in [0.15, 0.2) is 0 Å². The van der Waals surface area contributed by atoms with Gasteiger partial charge in [-0.3, -0.25) is 23.4 Å². The fourth-order valence-electron chi connectivity index (χ4n) is 3.14. The van der Waals surface area contributed by atoms with Gasteiger partial charge in [0.25, 0.3) is 0 Å². The second-order valence-corrected chi connectivity index (χ2v) is 10.6. The van der Waals surface area contributed by atoms with Gasteiger partial charge in [0.15, 0.2) is 18.3 Å². The number of nitrogens with one attached hydrogen (secondary N) is 1. The molecule has 1 rings (SSSR count). The number of hydrogen-bond donors (Lipinski definition) is 2. The van der Waals surface area contributed by atoms with Crippen LogP contribution in [0.1, 0.15) is 40.5 Å². The van der Waals surface area contributed by atoms with Crippen LogP contribution in [0.3, 0.4) is 0 Å². The topological polar surface area (TPSA) is 230 Å². The lowest BCUT2D eigenvalue weighted by Gasteiger charge is -2.43. The molecule has 0 aromatic heterocycles. The van der Waals surface area contributed by atoms with Crippen LogP contribution in [-0.4, -0.2) is 90.3 Å². The Morgan fingerprint density at radius 3 is 1.83 bits per heavy atom. The largest absolute Gasteiger partial charge is 0.463 e. The van der Waals surface area contributed by atoms with Gasteiger partial charge in [-0.25, -0.2) is 18.3 Å². The number of nitrogens with two attached hydrogens (primary N) is 1. The third-order valence-electron chi connectivity index (χ3n) is 4.38. The normalized spacial score (nSPS) is 24.4. The summed E-state index contributed by atoms with van der Waals surface area (Å²) in [6.07, 6.45) is -6.14. The molecule has 1 aliphatic rings. The molecule has 5 atom stereocenters. The van der Waals surface area contributed by atoms with Crippen molar-refractivity contribution in [1.82, 2.24) is 4.72 Å². The van der Waals surface area contributed by atoms with Gasteiger partial charge in [0, 0.05) is 34.2 Å². The van der Waals surface area contributed by atoms with Crippen molar-refractivity contribution in [1.29, 1.82) is 0 Å². The molecule has 0 spiro atoms. The average Bonchev–Trinajstić information content (AvgIpc) is 2.70. The third kappa shape index (κ3) is 11.1. The molecular formula is C18H30N2O14S2. The van der Waals surface area contributed by atoms with E-state index in [9.17, 15) is 36.0 Å². The van der Waals surface area contributed by atoms with E-state index in [1.807, 2.05) is 0 Å². The van der Waals surface area contributed by atoms with Crippen molar-refractivity contribution in [3.8, 4) is 0 Å². The van der Waals surface area contributed by atoms with Gasteiger partial charge in [0.2, 0.25) is 15.5 Å². The molecule has 0 saturated carbocycles. The number of rotatable bonds is 13. The molecule has 1 aliphatic heterocycles. The lowest BCUT2D eigenvalue weighted by molar-refractivity contribution is -0.238. The highest BCUT2D eigenvalue weighted by Gasteiger charge is 2.56.